The van der Waals surface area contributed by atoms with E-state index in [1.165, 1.54) is 78.0 Å². The van der Waals surface area contributed by atoms with Gasteiger partial charge in [-0.2, -0.15) is 0 Å². The van der Waals surface area contributed by atoms with Crippen LogP contribution in [-0.2, 0) is 10.8 Å². The van der Waals surface area contributed by atoms with Gasteiger partial charge < -0.3 is 9.80 Å². The van der Waals surface area contributed by atoms with Crippen LogP contribution in [0.15, 0.2) is 267 Å². The van der Waals surface area contributed by atoms with Crippen LogP contribution >= 0.6 is 0 Å². The lowest BCUT2D eigenvalue weighted by Crippen LogP contribution is -2.27. The van der Waals surface area contributed by atoms with Gasteiger partial charge in [-0.1, -0.05) is 226 Å². The molecule has 72 heavy (non-hydrogen) atoms. The first kappa shape index (κ1) is 41.9. The fourth-order valence-electron chi connectivity index (χ4n) is 12.9. The fraction of sp³-hybridized carbons (Fsp3) is 0.0571. The van der Waals surface area contributed by atoms with E-state index in [1.807, 2.05) is 0 Å². The molecule has 14 rings (SSSR count). The largest absolute Gasteiger partial charge is 0.310 e. The minimum absolute atomic E-state index is 0.357. The van der Waals surface area contributed by atoms with Crippen molar-refractivity contribution in [1.82, 2.24) is 0 Å². The summed E-state index contributed by atoms with van der Waals surface area (Å²) >= 11 is 0. The Labute approximate surface area is 422 Å². The Morgan fingerprint density at radius 2 is 0.667 bits per heavy atom. The highest BCUT2D eigenvalue weighted by molar-refractivity contribution is 6.07. The maximum atomic E-state index is 2.61. The molecular weight excluding hydrogens is 869 g/mol. The van der Waals surface area contributed by atoms with Gasteiger partial charge in [-0.05, 0) is 138 Å². The predicted octanol–water partition coefficient (Wildman–Crippen LogP) is 18.6. The Bertz CT molecular complexity index is 3850. The van der Waals surface area contributed by atoms with Crippen LogP contribution in [0.4, 0.5) is 34.1 Å². The molecule has 1 spiro atoms. The molecule has 3 aliphatic carbocycles. The van der Waals surface area contributed by atoms with Crippen LogP contribution in [0.3, 0.4) is 0 Å². The summed E-state index contributed by atoms with van der Waals surface area (Å²) in [5, 5.41) is 0. The molecule has 0 aliphatic heterocycles. The standard InChI is InChI=1S/C70H50N2/c1-69(2)59-38-20-17-36-57(59)67-66-58-37-18-23-41-62(58)70(60-39-21-15-34-55(60)56-35-16-22-40-61(56)70)63(66)46-65(68(67)69)72(51-31-13-6-14-32-51)53-44-49(47-25-7-3-8-26-47)43-52(45-53)71(50-29-11-5-12-30-50)64-42-24-19-33-54(64)48-27-9-4-10-28-48/h3-46H,1-2H3. The molecule has 0 heterocycles. The maximum absolute atomic E-state index is 2.61. The lowest BCUT2D eigenvalue weighted by atomic mass is 9.69. The monoisotopic (exact) mass is 918 g/mol. The average Bonchev–Trinajstić information content (AvgIpc) is 4.00. The van der Waals surface area contributed by atoms with E-state index in [-0.39, 0.29) is 5.41 Å². The second-order valence-electron chi connectivity index (χ2n) is 20.0. The summed E-state index contributed by atoms with van der Waals surface area (Å²) in [4.78, 5) is 5.03. The summed E-state index contributed by atoms with van der Waals surface area (Å²) in [6, 6.07) is 99.1. The van der Waals surface area contributed by atoms with Crippen molar-refractivity contribution in [3.63, 3.8) is 0 Å². The summed E-state index contributed by atoms with van der Waals surface area (Å²) in [7, 11) is 0. The number of hydrogen-bond acceptors (Lipinski definition) is 2. The predicted molar refractivity (Wildman–Crippen MR) is 301 cm³/mol. The van der Waals surface area contributed by atoms with Crippen LogP contribution in [-0.4, -0.2) is 0 Å². The number of hydrogen-bond donors (Lipinski definition) is 0. The molecule has 0 aromatic heterocycles. The lowest BCUT2D eigenvalue weighted by Gasteiger charge is -2.36. The quantitative estimate of drug-likeness (QED) is 0.150. The van der Waals surface area contributed by atoms with E-state index in [2.05, 4.69) is 291 Å². The smallest absolute Gasteiger partial charge is 0.0726 e. The Morgan fingerprint density at radius 1 is 0.264 bits per heavy atom. The van der Waals surface area contributed by atoms with Crippen molar-refractivity contribution < 1.29 is 0 Å². The second-order valence-corrected chi connectivity index (χ2v) is 20.0. The Morgan fingerprint density at radius 3 is 1.22 bits per heavy atom. The van der Waals surface area contributed by atoms with Crippen molar-refractivity contribution >= 4 is 34.1 Å². The van der Waals surface area contributed by atoms with E-state index in [4.69, 9.17) is 0 Å². The van der Waals surface area contributed by atoms with E-state index in [1.54, 1.807) is 0 Å². The maximum Gasteiger partial charge on any atom is 0.0726 e. The van der Waals surface area contributed by atoms with Gasteiger partial charge in [0.1, 0.15) is 0 Å². The molecule has 0 N–H and O–H groups in total. The summed E-state index contributed by atoms with van der Waals surface area (Å²) in [6.07, 6.45) is 0. The van der Waals surface area contributed by atoms with Crippen LogP contribution in [0.1, 0.15) is 47.2 Å². The van der Waals surface area contributed by atoms with E-state index in [0.29, 0.717) is 0 Å². The van der Waals surface area contributed by atoms with Crippen molar-refractivity contribution in [1.29, 1.82) is 0 Å². The second kappa shape index (κ2) is 16.3. The van der Waals surface area contributed by atoms with E-state index < -0.39 is 5.41 Å². The molecule has 0 radical (unpaired) electrons. The molecule has 340 valence electrons. The Hall–Kier alpha value is -8.98. The van der Waals surface area contributed by atoms with Gasteiger partial charge in [0.05, 0.1) is 16.8 Å². The molecule has 2 nitrogen and oxygen atoms in total. The van der Waals surface area contributed by atoms with Crippen LogP contribution in [0, 0.1) is 0 Å². The first-order valence-corrected chi connectivity index (χ1v) is 25.2. The Kier molecular flexibility index (Phi) is 9.50. The van der Waals surface area contributed by atoms with Gasteiger partial charge in [-0.15, -0.1) is 0 Å². The topological polar surface area (TPSA) is 6.48 Å². The highest BCUT2D eigenvalue weighted by atomic mass is 15.2. The Balaban J connectivity index is 1.12. The molecule has 2 heteroatoms. The number of fused-ring (bicyclic) bond motifs is 14. The number of para-hydroxylation sites is 3. The van der Waals surface area contributed by atoms with Gasteiger partial charge >= 0.3 is 0 Å². The van der Waals surface area contributed by atoms with Crippen molar-refractivity contribution in [3.05, 3.63) is 300 Å². The van der Waals surface area contributed by atoms with Gasteiger partial charge in [0.2, 0.25) is 0 Å². The third-order valence-electron chi connectivity index (χ3n) is 15.8. The van der Waals surface area contributed by atoms with Crippen LogP contribution in [0.2, 0.25) is 0 Å². The summed E-state index contributed by atoms with van der Waals surface area (Å²) < 4.78 is 0. The normalized spacial score (nSPS) is 13.6. The van der Waals surface area contributed by atoms with E-state index >= 15 is 0 Å². The molecule has 11 aromatic carbocycles. The van der Waals surface area contributed by atoms with Gasteiger partial charge in [0, 0.05) is 33.7 Å². The van der Waals surface area contributed by atoms with Gasteiger partial charge in [-0.3, -0.25) is 0 Å². The zero-order valence-electron chi connectivity index (χ0n) is 40.3. The fourth-order valence-corrected chi connectivity index (χ4v) is 12.9. The summed E-state index contributed by atoms with van der Waals surface area (Å²) in [6.45, 7) is 4.88. The molecule has 0 fully saturated rings. The van der Waals surface area contributed by atoms with Crippen molar-refractivity contribution in [2.24, 2.45) is 0 Å². The van der Waals surface area contributed by atoms with Crippen LogP contribution in [0.25, 0.3) is 55.6 Å². The zero-order chi connectivity index (χ0) is 48.0. The first-order chi connectivity index (χ1) is 35.5. The number of nitrogens with zero attached hydrogens (tertiary/aromatic N) is 2. The van der Waals surface area contributed by atoms with Gasteiger partial charge in [0.15, 0.2) is 0 Å². The lowest BCUT2D eigenvalue weighted by molar-refractivity contribution is 0.660. The van der Waals surface area contributed by atoms with Gasteiger partial charge in [-0.25, -0.2) is 0 Å². The molecule has 0 amide bonds. The number of benzene rings is 11. The minimum Gasteiger partial charge on any atom is -0.310 e. The molecule has 0 atom stereocenters. The van der Waals surface area contributed by atoms with Crippen molar-refractivity contribution in [2.45, 2.75) is 24.7 Å². The molecule has 0 saturated heterocycles. The number of anilines is 6. The van der Waals surface area contributed by atoms with E-state index in [9.17, 15) is 0 Å². The van der Waals surface area contributed by atoms with Gasteiger partial charge in [0.25, 0.3) is 0 Å². The molecule has 3 aliphatic rings. The van der Waals surface area contributed by atoms with Crippen molar-refractivity contribution in [2.75, 3.05) is 9.80 Å². The highest BCUT2D eigenvalue weighted by Gasteiger charge is 2.54. The molecule has 0 saturated carbocycles. The molecule has 11 aromatic rings. The number of rotatable bonds is 8. The van der Waals surface area contributed by atoms with Crippen LogP contribution in [0.5, 0.6) is 0 Å². The summed E-state index contributed by atoms with van der Waals surface area (Å²) in [5.41, 5.74) is 26.2. The minimum atomic E-state index is -0.546. The average molecular weight is 919 g/mol. The SMILES string of the molecule is CC1(C)c2ccccc2-c2c3c(cc(N(c4ccccc4)c4cc(-c5ccccc5)cc(N(c5ccccc5)c5ccccc5-c5ccccc5)c4)c21)C1(c2ccccc2-c2ccccc21)c1ccccc1-3. The van der Waals surface area contributed by atoms with Crippen LogP contribution < -0.4 is 9.80 Å². The molecule has 0 bridgehead atoms. The first-order valence-electron chi connectivity index (χ1n) is 25.2. The highest BCUT2D eigenvalue weighted by Crippen LogP contribution is 2.68. The van der Waals surface area contributed by atoms with Crippen molar-refractivity contribution in [3.8, 4) is 55.6 Å². The summed E-state index contributed by atoms with van der Waals surface area (Å²) in [5.74, 6) is 0. The third-order valence-corrected chi connectivity index (χ3v) is 15.8. The zero-order valence-corrected chi connectivity index (χ0v) is 40.3. The molecular formula is C70H50N2. The third kappa shape index (κ3) is 6.09. The molecule has 0 unspecified atom stereocenters. The van der Waals surface area contributed by atoms with E-state index in [0.717, 1.165) is 45.1 Å².